The van der Waals surface area contributed by atoms with Crippen LogP contribution in [0.15, 0.2) is 41.8 Å². The van der Waals surface area contributed by atoms with E-state index in [2.05, 4.69) is 67.9 Å². The summed E-state index contributed by atoms with van der Waals surface area (Å²) in [6.07, 6.45) is 2.09. The molecule has 0 saturated carbocycles. The lowest BCUT2D eigenvalue weighted by Gasteiger charge is -2.34. The molecule has 1 N–H and O–H groups in total. The van der Waals surface area contributed by atoms with Crippen molar-refractivity contribution in [2.45, 2.75) is 36.5 Å². The Labute approximate surface area is 151 Å². The van der Waals surface area contributed by atoms with E-state index >= 15 is 0 Å². The molecule has 126 valence electrons. The SMILES string of the molecule is C=C[C@@H](c1ccccc1SC(C)(C)C)N1CCNCC1.Cl.Cl. The van der Waals surface area contributed by atoms with Gasteiger partial charge in [0.2, 0.25) is 0 Å². The predicted molar refractivity (Wildman–Crippen MR) is 104 cm³/mol. The fraction of sp³-hybridized carbons (Fsp3) is 0.529. The summed E-state index contributed by atoms with van der Waals surface area (Å²) in [4.78, 5) is 3.90. The van der Waals surface area contributed by atoms with Crippen molar-refractivity contribution in [1.29, 1.82) is 0 Å². The number of nitrogens with one attached hydrogen (secondary N) is 1. The maximum Gasteiger partial charge on any atom is 0.0541 e. The second-order valence-corrected chi connectivity index (χ2v) is 8.09. The number of hydrogen-bond donors (Lipinski definition) is 1. The van der Waals surface area contributed by atoms with E-state index in [0.29, 0.717) is 6.04 Å². The van der Waals surface area contributed by atoms with Crippen molar-refractivity contribution in [1.82, 2.24) is 10.2 Å². The average Bonchev–Trinajstić information content (AvgIpc) is 2.41. The van der Waals surface area contributed by atoms with Crippen LogP contribution < -0.4 is 5.32 Å². The Morgan fingerprint density at radius 2 is 1.77 bits per heavy atom. The van der Waals surface area contributed by atoms with E-state index < -0.39 is 0 Å². The second-order valence-electron chi connectivity index (χ2n) is 6.22. The Morgan fingerprint density at radius 1 is 1.18 bits per heavy atom. The minimum atomic E-state index is 0. The van der Waals surface area contributed by atoms with E-state index in [1.165, 1.54) is 10.5 Å². The molecule has 5 heteroatoms. The molecule has 0 bridgehead atoms. The molecule has 0 aromatic heterocycles. The molecule has 1 aromatic rings. The molecule has 1 aliphatic rings. The molecule has 1 aromatic carbocycles. The van der Waals surface area contributed by atoms with Crippen LogP contribution in [0, 0.1) is 0 Å². The van der Waals surface area contributed by atoms with Gasteiger partial charge in [0.15, 0.2) is 0 Å². The Hall–Kier alpha value is -0.190. The van der Waals surface area contributed by atoms with Crippen LogP contribution in [-0.2, 0) is 0 Å². The maximum atomic E-state index is 4.08. The normalized spacial score (nSPS) is 17.0. The molecule has 0 radical (unpaired) electrons. The van der Waals surface area contributed by atoms with Crippen molar-refractivity contribution < 1.29 is 0 Å². The number of piperazine rings is 1. The van der Waals surface area contributed by atoms with Gasteiger partial charge in [0.25, 0.3) is 0 Å². The van der Waals surface area contributed by atoms with Gasteiger partial charge in [-0.25, -0.2) is 0 Å². The standard InChI is InChI=1S/C17H26N2S.2ClH/c1-5-15(19-12-10-18-11-13-19)14-8-6-7-9-16(14)20-17(2,3)4;;/h5-9,15,18H,1,10-13H2,2-4H3;2*1H/t15-;;/m0../s1. The zero-order valence-electron chi connectivity index (χ0n) is 13.7. The smallest absolute Gasteiger partial charge is 0.0541 e. The van der Waals surface area contributed by atoms with Gasteiger partial charge in [-0.05, 0) is 11.6 Å². The first-order valence-electron chi connectivity index (χ1n) is 7.36. The van der Waals surface area contributed by atoms with Gasteiger partial charge in [-0.2, -0.15) is 0 Å². The predicted octanol–water partition coefficient (Wildman–Crippen LogP) is 4.55. The number of hydrogen-bond acceptors (Lipinski definition) is 3. The molecule has 1 fully saturated rings. The topological polar surface area (TPSA) is 15.3 Å². The van der Waals surface area contributed by atoms with Crippen LogP contribution in [0.5, 0.6) is 0 Å². The van der Waals surface area contributed by atoms with Crippen LogP contribution in [0.25, 0.3) is 0 Å². The van der Waals surface area contributed by atoms with Crippen molar-refractivity contribution in [2.75, 3.05) is 26.2 Å². The average molecular weight is 363 g/mol. The van der Waals surface area contributed by atoms with Gasteiger partial charge in [-0.1, -0.05) is 45.0 Å². The van der Waals surface area contributed by atoms with Crippen LogP contribution in [0.2, 0.25) is 0 Å². The van der Waals surface area contributed by atoms with Gasteiger partial charge in [0, 0.05) is 35.8 Å². The summed E-state index contributed by atoms with van der Waals surface area (Å²) in [6.45, 7) is 15.2. The first-order valence-corrected chi connectivity index (χ1v) is 8.18. The number of nitrogens with zero attached hydrogens (tertiary/aromatic N) is 1. The van der Waals surface area contributed by atoms with Gasteiger partial charge in [-0.3, -0.25) is 4.90 Å². The molecule has 2 rings (SSSR count). The van der Waals surface area contributed by atoms with E-state index in [9.17, 15) is 0 Å². The van der Waals surface area contributed by atoms with Gasteiger partial charge in [0.05, 0.1) is 6.04 Å². The zero-order valence-corrected chi connectivity index (χ0v) is 16.1. The third-order valence-corrected chi connectivity index (χ3v) is 4.63. The molecule has 0 amide bonds. The lowest BCUT2D eigenvalue weighted by atomic mass is 10.0. The molecule has 1 heterocycles. The van der Waals surface area contributed by atoms with Crippen LogP contribution in [0.1, 0.15) is 32.4 Å². The first-order chi connectivity index (χ1) is 9.51. The van der Waals surface area contributed by atoms with Gasteiger partial charge < -0.3 is 5.32 Å². The molecule has 22 heavy (non-hydrogen) atoms. The number of benzene rings is 1. The number of thioether (sulfide) groups is 1. The van der Waals surface area contributed by atoms with E-state index in [-0.39, 0.29) is 29.6 Å². The molecule has 0 unspecified atom stereocenters. The monoisotopic (exact) mass is 362 g/mol. The maximum absolute atomic E-state index is 4.08. The van der Waals surface area contributed by atoms with Crippen LogP contribution in [0.3, 0.4) is 0 Å². The Kier molecular flexibility index (Phi) is 9.75. The molecular weight excluding hydrogens is 335 g/mol. The Morgan fingerprint density at radius 3 is 2.32 bits per heavy atom. The zero-order chi connectivity index (χ0) is 14.6. The van der Waals surface area contributed by atoms with Crippen molar-refractivity contribution >= 4 is 36.6 Å². The van der Waals surface area contributed by atoms with Crippen molar-refractivity contribution in [2.24, 2.45) is 0 Å². The highest BCUT2D eigenvalue weighted by Crippen LogP contribution is 2.38. The highest BCUT2D eigenvalue weighted by atomic mass is 35.5. The molecule has 1 atom stereocenters. The lowest BCUT2D eigenvalue weighted by molar-refractivity contribution is 0.202. The summed E-state index contributed by atoms with van der Waals surface area (Å²) in [5.74, 6) is 0. The molecule has 1 aliphatic heterocycles. The van der Waals surface area contributed by atoms with Crippen molar-refractivity contribution in [3.05, 3.63) is 42.5 Å². The van der Waals surface area contributed by atoms with E-state index in [0.717, 1.165) is 26.2 Å². The summed E-state index contributed by atoms with van der Waals surface area (Å²) in [5, 5.41) is 3.42. The quantitative estimate of drug-likeness (QED) is 0.624. The fourth-order valence-corrected chi connectivity index (χ4v) is 3.69. The largest absolute Gasteiger partial charge is 0.314 e. The highest BCUT2D eigenvalue weighted by molar-refractivity contribution is 8.00. The van der Waals surface area contributed by atoms with Gasteiger partial charge >= 0.3 is 0 Å². The van der Waals surface area contributed by atoms with Crippen LogP contribution in [-0.4, -0.2) is 35.8 Å². The minimum absolute atomic E-state index is 0. The minimum Gasteiger partial charge on any atom is -0.314 e. The lowest BCUT2D eigenvalue weighted by Crippen LogP contribution is -2.44. The summed E-state index contributed by atoms with van der Waals surface area (Å²) < 4.78 is 0.227. The van der Waals surface area contributed by atoms with E-state index in [4.69, 9.17) is 0 Å². The Bertz CT molecular complexity index is 454. The summed E-state index contributed by atoms with van der Waals surface area (Å²) in [5.41, 5.74) is 1.39. The van der Waals surface area contributed by atoms with Gasteiger partial charge in [0.1, 0.15) is 0 Å². The van der Waals surface area contributed by atoms with Crippen molar-refractivity contribution in [3.8, 4) is 0 Å². The third kappa shape index (κ3) is 6.13. The van der Waals surface area contributed by atoms with E-state index in [1.54, 1.807) is 0 Å². The highest BCUT2D eigenvalue weighted by Gasteiger charge is 2.23. The Balaban J connectivity index is 0.00000220. The summed E-state index contributed by atoms with van der Waals surface area (Å²) in [6, 6.07) is 9.09. The van der Waals surface area contributed by atoms with E-state index in [1.807, 2.05) is 11.8 Å². The number of halogens is 2. The fourth-order valence-electron chi connectivity index (χ4n) is 2.58. The molecule has 0 spiro atoms. The second kappa shape index (κ2) is 9.84. The van der Waals surface area contributed by atoms with Gasteiger partial charge in [-0.15, -0.1) is 43.2 Å². The summed E-state index contributed by atoms with van der Waals surface area (Å²) >= 11 is 1.94. The first kappa shape index (κ1) is 21.8. The summed E-state index contributed by atoms with van der Waals surface area (Å²) in [7, 11) is 0. The van der Waals surface area contributed by atoms with Crippen LogP contribution in [0.4, 0.5) is 0 Å². The molecule has 2 nitrogen and oxygen atoms in total. The molecule has 0 aliphatic carbocycles. The molecular formula is C17H28Cl2N2S. The molecule has 1 saturated heterocycles. The third-order valence-electron chi connectivity index (χ3n) is 3.42. The van der Waals surface area contributed by atoms with Crippen LogP contribution >= 0.6 is 36.6 Å². The van der Waals surface area contributed by atoms with Crippen molar-refractivity contribution in [3.63, 3.8) is 0 Å². The number of rotatable bonds is 4.